The van der Waals surface area contributed by atoms with Crippen molar-refractivity contribution >= 4 is 5.69 Å². The Morgan fingerprint density at radius 3 is 2.85 bits per heavy atom. The number of anilines is 1. The first-order chi connectivity index (χ1) is 9.69. The second-order valence-electron chi connectivity index (χ2n) is 5.51. The lowest BCUT2D eigenvalue weighted by Gasteiger charge is -2.28. The first-order valence-corrected chi connectivity index (χ1v) is 7.56. The van der Waals surface area contributed by atoms with Crippen molar-refractivity contribution in [3.63, 3.8) is 0 Å². The SMILES string of the molecule is CCCNCc1ccncc1N(CCOC)CC(C)C. The summed E-state index contributed by atoms with van der Waals surface area (Å²) in [6, 6.07) is 2.11. The third-order valence-corrected chi connectivity index (χ3v) is 3.12. The first-order valence-electron chi connectivity index (χ1n) is 7.56. The number of hydrogen-bond donors (Lipinski definition) is 1. The highest BCUT2D eigenvalue weighted by atomic mass is 16.5. The van der Waals surface area contributed by atoms with Crippen molar-refractivity contribution in [3.05, 3.63) is 24.0 Å². The van der Waals surface area contributed by atoms with Crippen LogP contribution in [0.15, 0.2) is 18.5 Å². The van der Waals surface area contributed by atoms with Crippen molar-refractivity contribution in [2.75, 3.05) is 38.3 Å². The normalized spacial score (nSPS) is 11.1. The summed E-state index contributed by atoms with van der Waals surface area (Å²) in [5, 5.41) is 3.47. The van der Waals surface area contributed by atoms with Gasteiger partial charge in [-0.2, -0.15) is 0 Å². The second-order valence-corrected chi connectivity index (χ2v) is 5.51. The Balaban J connectivity index is 2.81. The summed E-state index contributed by atoms with van der Waals surface area (Å²) in [4.78, 5) is 6.68. The molecule has 0 unspecified atom stereocenters. The van der Waals surface area contributed by atoms with Crippen LogP contribution in [0.2, 0.25) is 0 Å². The van der Waals surface area contributed by atoms with Gasteiger partial charge >= 0.3 is 0 Å². The summed E-state index contributed by atoms with van der Waals surface area (Å²) in [5.41, 5.74) is 2.53. The van der Waals surface area contributed by atoms with Gasteiger partial charge in [-0.3, -0.25) is 4.98 Å². The summed E-state index contributed by atoms with van der Waals surface area (Å²) in [6.45, 7) is 11.3. The van der Waals surface area contributed by atoms with E-state index in [4.69, 9.17) is 4.74 Å². The molecule has 1 aromatic rings. The lowest BCUT2D eigenvalue weighted by Crippen LogP contribution is -2.32. The summed E-state index contributed by atoms with van der Waals surface area (Å²) in [7, 11) is 1.75. The number of aromatic nitrogens is 1. The van der Waals surface area contributed by atoms with Crippen LogP contribution in [0.5, 0.6) is 0 Å². The Hall–Kier alpha value is -1.13. The van der Waals surface area contributed by atoms with Gasteiger partial charge in [-0.15, -0.1) is 0 Å². The van der Waals surface area contributed by atoms with Crippen molar-refractivity contribution < 1.29 is 4.74 Å². The fraction of sp³-hybridized carbons (Fsp3) is 0.688. The van der Waals surface area contributed by atoms with E-state index in [0.717, 1.165) is 39.2 Å². The minimum Gasteiger partial charge on any atom is -0.383 e. The Morgan fingerprint density at radius 1 is 1.40 bits per heavy atom. The van der Waals surface area contributed by atoms with Gasteiger partial charge in [-0.05, 0) is 30.5 Å². The van der Waals surface area contributed by atoms with E-state index in [0.29, 0.717) is 5.92 Å². The van der Waals surface area contributed by atoms with Gasteiger partial charge in [-0.1, -0.05) is 20.8 Å². The zero-order valence-corrected chi connectivity index (χ0v) is 13.4. The fourth-order valence-corrected chi connectivity index (χ4v) is 2.20. The van der Waals surface area contributed by atoms with E-state index in [9.17, 15) is 0 Å². The third kappa shape index (κ3) is 5.88. The highest BCUT2D eigenvalue weighted by Crippen LogP contribution is 2.20. The molecule has 0 saturated carbocycles. The average molecular weight is 279 g/mol. The molecular formula is C16H29N3O. The Labute approximate surface area is 123 Å². The van der Waals surface area contributed by atoms with E-state index in [1.165, 1.54) is 11.3 Å². The molecule has 114 valence electrons. The van der Waals surface area contributed by atoms with Gasteiger partial charge in [0.05, 0.1) is 18.5 Å². The molecule has 0 fully saturated rings. The van der Waals surface area contributed by atoms with Gasteiger partial charge in [0, 0.05) is 32.9 Å². The number of nitrogens with one attached hydrogen (secondary N) is 1. The second kappa shape index (κ2) is 9.72. The van der Waals surface area contributed by atoms with Crippen molar-refractivity contribution in [1.82, 2.24) is 10.3 Å². The van der Waals surface area contributed by atoms with Gasteiger partial charge < -0.3 is 15.0 Å². The number of hydrogen-bond acceptors (Lipinski definition) is 4. The molecule has 1 aromatic heterocycles. The summed E-state index contributed by atoms with van der Waals surface area (Å²) in [6.07, 6.45) is 5.00. The molecule has 1 N–H and O–H groups in total. The number of methoxy groups -OCH3 is 1. The first kappa shape index (κ1) is 16.9. The van der Waals surface area contributed by atoms with Gasteiger partial charge in [0.15, 0.2) is 0 Å². The maximum atomic E-state index is 5.24. The predicted molar refractivity (Wildman–Crippen MR) is 85.2 cm³/mol. The third-order valence-electron chi connectivity index (χ3n) is 3.12. The maximum Gasteiger partial charge on any atom is 0.0637 e. The largest absolute Gasteiger partial charge is 0.383 e. The molecule has 0 aliphatic rings. The molecule has 0 saturated heterocycles. The van der Waals surface area contributed by atoms with Crippen LogP contribution in [0.25, 0.3) is 0 Å². The molecule has 0 aliphatic heterocycles. The molecule has 0 amide bonds. The van der Waals surface area contributed by atoms with Crippen molar-refractivity contribution in [1.29, 1.82) is 0 Å². The Bertz CT molecular complexity index is 368. The molecule has 0 aromatic carbocycles. The highest BCUT2D eigenvalue weighted by molar-refractivity contribution is 5.51. The molecule has 1 rings (SSSR count). The highest BCUT2D eigenvalue weighted by Gasteiger charge is 2.12. The van der Waals surface area contributed by atoms with Crippen LogP contribution in [0.3, 0.4) is 0 Å². The van der Waals surface area contributed by atoms with E-state index >= 15 is 0 Å². The van der Waals surface area contributed by atoms with Crippen molar-refractivity contribution in [2.24, 2.45) is 5.92 Å². The molecule has 4 heteroatoms. The molecule has 0 aliphatic carbocycles. The summed E-state index contributed by atoms with van der Waals surface area (Å²) >= 11 is 0. The molecular weight excluding hydrogens is 250 g/mol. The van der Waals surface area contributed by atoms with Gasteiger partial charge in [0.25, 0.3) is 0 Å². The van der Waals surface area contributed by atoms with Crippen molar-refractivity contribution in [3.8, 4) is 0 Å². The molecule has 0 bridgehead atoms. The maximum absolute atomic E-state index is 5.24. The zero-order chi connectivity index (χ0) is 14.8. The quantitative estimate of drug-likeness (QED) is 0.668. The number of nitrogens with zero attached hydrogens (tertiary/aromatic N) is 2. The van der Waals surface area contributed by atoms with Gasteiger partial charge in [0.2, 0.25) is 0 Å². The summed E-state index contributed by atoms with van der Waals surface area (Å²) in [5.74, 6) is 0.614. The van der Waals surface area contributed by atoms with Crippen LogP contribution in [0.1, 0.15) is 32.8 Å². The van der Waals surface area contributed by atoms with Crippen LogP contribution in [-0.2, 0) is 11.3 Å². The van der Waals surface area contributed by atoms with Gasteiger partial charge in [0.1, 0.15) is 0 Å². The van der Waals surface area contributed by atoms with E-state index in [2.05, 4.69) is 42.0 Å². The molecule has 0 radical (unpaired) electrons. The van der Waals surface area contributed by atoms with E-state index in [1.807, 2.05) is 12.4 Å². The topological polar surface area (TPSA) is 37.4 Å². The lowest BCUT2D eigenvalue weighted by molar-refractivity contribution is 0.204. The lowest BCUT2D eigenvalue weighted by atomic mass is 10.1. The average Bonchev–Trinajstić information content (AvgIpc) is 2.44. The van der Waals surface area contributed by atoms with Crippen LogP contribution in [-0.4, -0.2) is 38.3 Å². The van der Waals surface area contributed by atoms with Crippen LogP contribution in [0.4, 0.5) is 5.69 Å². The van der Waals surface area contributed by atoms with E-state index in [-0.39, 0.29) is 0 Å². The molecule has 1 heterocycles. The zero-order valence-electron chi connectivity index (χ0n) is 13.4. The standard InChI is InChI=1S/C16H29N3O/c1-5-7-17-11-15-6-8-18-12-16(15)19(9-10-20-4)13-14(2)3/h6,8,12,14,17H,5,7,9-11,13H2,1-4H3. The smallest absolute Gasteiger partial charge is 0.0637 e. The predicted octanol–water partition coefficient (Wildman–Crippen LogP) is 2.69. The van der Waals surface area contributed by atoms with E-state index < -0.39 is 0 Å². The minimum atomic E-state index is 0.614. The number of rotatable bonds is 10. The summed E-state index contributed by atoms with van der Waals surface area (Å²) < 4.78 is 5.24. The van der Waals surface area contributed by atoms with Crippen LogP contribution < -0.4 is 10.2 Å². The molecule has 0 spiro atoms. The Kier molecular flexibility index (Phi) is 8.23. The van der Waals surface area contributed by atoms with E-state index in [1.54, 1.807) is 7.11 Å². The molecule has 0 atom stereocenters. The minimum absolute atomic E-state index is 0.614. The van der Waals surface area contributed by atoms with Gasteiger partial charge in [-0.25, -0.2) is 0 Å². The van der Waals surface area contributed by atoms with Crippen molar-refractivity contribution in [2.45, 2.75) is 33.7 Å². The fourth-order valence-electron chi connectivity index (χ4n) is 2.20. The number of pyridine rings is 1. The van der Waals surface area contributed by atoms with Crippen LogP contribution in [0, 0.1) is 5.92 Å². The Morgan fingerprint density at radius 2 is 2.20 bits per heavy atom. The monoisotopic (exact) mass is 279 g/mol. The molecule has 20 heavy (non-hydrogen) atoms. The van der Waals surface area contributed by atoms with Crippen LogP contribution >= 0.6 is 0 Å². The number of ether oxygens (including phenoxy) is 1. The molecule has 4 nitrogen and oxygen atoms in total.